The van der Waals surface area contributed by atoms with E-state index in [1.165, 1.54) is 0 Å². The number of amides is 1. The number of carbonyl (C=O) groups excluding carboxylic acids is 1. The van der Waals surface area contributed by atoms with Crippen LogP contribution in [0.3, 0.4) is 0 Å². The van der Waals surface area contributed by atoms with Crippen molar-refractivity contribution in [3.63, 3.8) is 0 Å². The van der Waals surface area contributed by atoms with E-state index in [-0.39, 0.29) is 11.3 Å². The minimum atomic E-state index is 0.125. The predicted molar refractivity (Wildman–Crippen MR) is 89.8 cm³/mol. The molecule has 3 aliphatic heterocycles. The van der Waals surface area contributed by atoms with E-state index < -0.39 is 0 Å². The van der Waals surface area contributed by atoms with Crippen LogP contribution in [0.15, 0.2) is 12.1 Å². The van der Waals surface area contributed by atoms with Crippen LogP contribution >= 0.6 is 11.6 Å². The predicted octanol–water partition coefficient (Wildman–Crippen LogP) is 2.68. The van der Waals surface area contributed by atoms with E-state index in [0.717, 1.165) is 51.1 Å². The van der Waals surface area contributed by atoms with E-state index in [4.69, 9.17) is 25.8 Å². The molecule has 0 aromatic heterocycles. The van der Waals surface area contributed by atoms with Gasteiger partial charge in [-0.3, -0.25) is 4.79 Å². The van der Waals surface area contributed by atoms with Gasteiger partial charge in [-0.25, -0.2) is 0 Å². The van der Waals surface area contributed by atoms with Crippen molar-refractivity contribution in [1.29, 1.82) is 0 Å². The molecule has 1 amide bonds. The van der Waals surface area contributed by atoms with E-state index in [0.29, 0.717) is 36.2 Å². The largest absolute Gasteiger partial charge is 0.486 e. The van der Waals surface area contributed by atoms with Crippen molar-refractivity contribution < 1.29 is 19.0 Å². The summed E-state index contributed by atoms with van der Waals surface area (Å²) in [6, 6.07) is 3.59. The lowest BCUT2D eigenvalue weighted by Gasteiger charge is -2.39. The quantitative estimate of drug-likeness (QED) is 0.822. The molecule has 4 rings (SSSR count). The van der Waals surface area contributed by atoms with Crippen LogP contribution in [0.4, 0.5) is 0 Å². The number of ether oxygens (including phenoxy) is 3. The lowest BCUT2D eigenvalue weighted by atomic mass is 9.79. The van der Waals surface area contributed by atoms with Crippen molar-refractivity contribution in [2.75, 3.05) is 39.5 Å². The Morgan fingerprint density at radius 1 is 1.17 bits per heavy atom. The standard InChI is InChI=1S/C18H22ClNO4/c19-14-10-16-15(23-6-7-24-16)8-13(14)9-17(21)20-4-1-2-18(11-20)3-5-22-12-18/h8,10H,1-7,9,11-12H2/t18-/m0/s1. The molecule has 3 aliphatic rings. The second-order valence-electron chi connectivity index (χ2n) is 6.99. The van der Waals surface area contributed by atoms with Crippen LogP contribution in [0.25, 0.3) is 0 Å². The van der Waals surface area contributed by atoms with E-state index in [9.17, 15) is 4.79 Å². The molecule has 3 heterocycles. The average Bonchev–Trinajstić information content (AvgIpc) is 3.03. The topological polar surface area (TPSA) is 48.0 Å². The fourth-order valence-corrected chi connectivity index (χ4v) is 4.13. The van der Waals surface area contributed by atoms with Crippen molar-refractivity contribution in [2.45, 2.75) is 25.7 Å². The Bertz CT molecular complexity index is 642. The van der Waals surface area contributed by atoms with E-state index >= 15 is 0 Å². The molecular formula is C18H22ClNO4. The molecule has 1 aromatic rings. The van der Waals surface area contributed by atoms with Crippen molar-refractivity contribution in [1.82, 2.24) is 4.90 Å². The highest BCUT2D eigenvalue weighted by Crippen LogP contribution is 2.39. The third-order valence-electron chi connectivity index (χ3n) is 5.25. The van der Waals surface area contributed by atoms with Crippen molar-refractivity contribution in [3.05, 3.63) is 22.7 Å². The average molecular weight is 352 g/mol. The van der Waals surface area contributed by atoms with Crippen molar-refractivity contribution >= 4 is 17.5 Å². The van der Waals surface area contributed by atoms with E-state index in [1.54, 1.807) is 6.07 Å². The molecule has 0 bridgehead atoms. The Labute approximate surface area is 146 Å². The minimum absolute atomic E-state index is 0.125. The number of benzene rings is 1. The molecule has 0 N–H and O–H groups in total. The Kier molecular flexibility index (Phi) is 4.31. The number of hydrogen-bond donors (Lipinski definition) is 0. The zero-order valence-electron chi connectivity index (χ0n) is 13.7. The van der Waals surface area contributed by atoms with Crippen LogP contribution in [-0.4, -0.2) is 50.3 Å². The third kappa shape index (κ3) is 3.07. The highest BCUT2D eigenvalue weighted by molar-refractivity contribution is 6.31. The first-order valence-electron chi connectivity index (χ1n) is 8.59. The number of nitrogens with zero attached hydrogens (tertiary/aromatic N) is 1. The first kappa shape index (κ1) is 16.0. The van der Waals surface area contributed by atoms with Crippen LogP contribution < -0.4 is 9.47 Å². The minimum Gasteiger partial charge on any atom is -0.486 e. The SMILES string of the molecule is O=C(Cc1cc2c(cc1Cl)OCCO2)N1CCC[C@]2(CCOC2)C1. The Morgan fingerprint density at radius 2 is 1.96 bits per heavy atom. The van der Waals surface area contributed by atoms with Gasteiger partial charge in [0, 0.05) is 36.2 Å². The van der Waals surface area contributed by atoms with Crippen LogP contribution in [0.1, 0.15) is 24.8 Å². The second-order valence-corrected chi connectivity index (χ2v) is 7.39. The summed E-state index contributed by atoms with van der Waals surface area (Å²) in [5.41, 5.74) is 0.970. The molecule has 2 saturated heterocycles. The zero-order chi connectivity index (χ0) is 16.6. The monoisotopic (exact) mass is 351 g/mol. The van der Waals surface area contributed by atoms with Crippen LogP contribution in [0.5, 0.6) is 11.5 Å². The van der Waals surface area contributed by atoms with Gasteiger partial charge in [-0.15, -0.1) is 0 Å². The summed E-state index contributed by atoms with van der Waals surface area (Å²) in [7, 11) is 0. The normalized spacial score (nSPS) is 26.0. The maximum absolute atomic E-state index is 12.8. The number of rotatable bonds is 2. The Morgan fingerprint density at radius 3 is 2.71 bits per heavy atom. The van der Waals surface area contributed by atoms with Gasteiger partial charge in [-0.1, -0.05) is 11.6 Å². The zero-order valence-corrected chi connectivity index (χ0v) is 14.4. The number of carbonyl (C=O) groups is 1. The fraction of sp³-hybridized carbons (Fsp3) is 0.611. The van der Waals surface area contributed by atoms with Gasteiger partial charge >= 0.3 is 0 Å². The van der Waals surface area contributed by atoms with Gasteiger partial charge < -0.3 is 19.1 Å². The van der Waals surface area contributed by atoms with Crippen molar-refractivity contribution in [3.8, 4) is 11.5 Å². The van der Waals surface area contributed by atoms with Gasteiger partial charge in [-0.05, 0) is 30.9 Å². The number of hydrogen-bond acceptors (Lipinski definition) is 4. The van der Waals surface area contributed by atoms with Crippen molar-refractivity contribution in [2.24, 2.45) is 5.41 Å². The summed E-state index contributed by atoms with van der Waals surface area (Å²) in [5.74, 6) is 1.45. The Balaban J connectivity index is 1.47. The van der Waals surface area contributed by atoms with Crippen LogP contribution in [0.2, 0.25) is 5.02 Å². The molecule has 0 saturated carbocycles. The number of halogens is 1. The summed E-state index contributed by atoms with van der Waals surface area (Å²) in [6.07, 6.45) is 3.56. The summed E-state index contributed by atoms with van der Waals surface area (Å²) in [6.45, 7) is 4.27. The summed E-state index contributed by atoms with van der Waals surface area (Å²) < 4.78 is 16.7. The molecule has 24 heavy (non-hydrogen) atoms. The van der Waals surface area contributed by atoms with Crippen LogP contribution in [0, 0.1) is 5.41 Å². The highest BCUT2D eigenvalue weighted by Gasteiger charge is 2.40. The van der Waals surface area contributed by atoms with Gasteiger partial charge in [0.1, 0.15) is 13.2 Å². The molecule has 2 fully saturated rings. The highest BCUT2D eigenvalue weighted by atomic mass is 35.5. The molecule has 1 spiro atoms. The maximum atomic E-state index is 12.8. The van der Waals surface area contributed by atoms with Gasteiger partial charge in [0.05, 0.1) is 13.0 Å². The molecule has 1 aromatic carbocycles. The summed E-state index contributed by atoms with van der Waals surface area (Å²) >= 11 is 6.34. The van der Waals surface area contributed by atoms with Crippen LogP contribution in [-0.2, 0) is 16.0 Å². The number of likely N-dealkylation sites (tertiary alicyclic amines) is 1. The maximum Gasteiger partial charge on any atom is 0.227 e. The molecule has 0 unspecified atom stereocenters. The lowest BCUT2D eigenvalue weighted by molar-refractivity contribution is -0.134. The molecule has 0 aliphatic carbocycles. The Hall–Kier alpha value is -1.46. The van der Waals surface area contributed by atoms with E-state index in [2.05, 4.69) is 0 Å². The summed E-state index contributed by atoms with van der Waals surface area (Å²) in [5, 5.41) is 0.559. The molecular weight excluding hydrogens is 330 g/mol. The second kappa shape index (κ2) is 6.45. The van der Waals surface area contributed by atoms with Gasteiger partial charge in [0.2, 0.25) is 5.91 Å². The summed E-state index contributed by atoms with van der Waals surface area (Å²) in [4.78, 5) is 14.8. The first-order valence-corrected chi connectivity index (χ1v) is 8.97. The lowest BCUT2D eigenvalue weighted by Crippen LogP contribution is -2.47. The van der Waals surface area contributed by atoms with Gasteiger partial charge in [0.15, 0.2) is 11.5 Å². The van der Waals surface area contributed by atoms with Gasteiger partial charge in [0.25, 0.3) is 0 Å². The smallest absolute Gasteiger partial charge is 0.227 e. The first-order chi connectivity index (χ1) is 11.7. The fourth-order valence-electron chi connectivity index (χ4n) is 3.91. The number of fused-ring (bicyclic) bond motifs is 1. The molecule has 6 heteroatoms. The third-order valence-corrected chi connectivity index (χ3v) is 5.60. The van der Waals surface area contributed by atoms with Gasteiger partial charge in [-0.2, -0.15) is 0 Å². The molecule has 0 radical (unpaired) electrons. The molecule has 1 atom stereocenters. The number of piperidine rings is 1. The van der Waals surface area contributed by atoms with E-state index in [1.807, 2.05) is 11.0 Å². The molecule has 130 valence electrons. The molecule has 5 nitrogen and oxygen atoms in total.